The first-order valence-corrected chi connectivity index (χ1v) is 7.08. The van der Waals surface area contributed by atoms with Crippen molar-refractivity contribution in [2.45, 2.75) is 20.4 Å². The Bertz CT molecular complexity index is 587. The van der Waals surface area contributed by atoms with E-state index in [1.165, 1.54) is 10.8 Å². The molecule has 1 atom stereocenters. The molecule has 3 nitrogen and oxygen atoms in total. The molecule has 2 aromatic carbocycles. The molecule has 0 spiro atoms. The fraction of sp³-hybridized carbons (Fsp3) is 0.353. The van der Waals surface area contributed by atoms with Crippen LogP contribution >= 0.6 is 0 Å². The molecule has 1 amide bonds. The lowest BCUT2D eigenvalue weighted by Gasteiger charge is -2.18. The summed E-state index contributed by atoms with van der Waals surface area (Å²) in [7, 11) is 0. The second kappa shape index (κ2) is 6.53. The van der Waals surface area contributed by atoms with Gasteiger partial charge in [-0.05, 0) is 22.3 Å². The van der Waals surface area contributed by atoms with E-state index >= 15 is 0 Å². The molecule has 2 aromatic rings. The third-order valence-corrected chi connectivity index (χ3v) is 3.73. The van der Waals surface area contributed by atoms with Gasteiger partial charge in [-0.15, -0.1) is 0 Å². The van der Waals surface area contributed by atoms with Crippen LogP contribution in [-0.4, -0.2) is 12.5 Å². The van der Waals surface area contributed by atoms with Crippen LogP contribution in [0.1, 0.15) is 19.4 Å². The lowest BCUT2D eigenvalue weighted by Crippen LogP contribution is -2.37. The molecule has 0 aliphatic heterocycles. The van der Waals surface area contributed by atoms with Crippen LogP contribution in [0.25, 0.3) is 10.8 Å². The molecule has 0 bridgehead atoms. The maximum Gasteiger partial charge on any atom is 0.224 e. The van der Waals surface area contributed by atoms with Gasteiger partial charge in [-0.1, -0.05) is 56.3 Å². The molecule has 0 aromatic heterocycles. The number of carbonyl (C=O) groups excluding carboxylic acids is 1. The maximum absolute atomic E-state index is 12.1. The molecule has 106 valence electrons. The van der Waals surface area contributed by atoms with E-state index in [-0.39, 0.29) is 17.7 Å². The number of amides is 1. The van der Waals surface area contributed by atoms with Crippen molar-refractivity contribution < 1.29 is 4.79 Å². The summed E-state index contributed by atoms with van der Waals surface area (Å²) < 4.78 is 0. The molecule has 1 unspecified atom stereocenters. The molecule has 0 aliphatic carbocycles. The zero-order valence-corrected chi connectivity index (χ0v) is 12.1. The Balaban J connectivity index is 2.11. The SMILES string of the molecule is CC(C)C(CN)C(=O)NCc1cccc2ccccc12. The number of hydrogen-bond donors (Lipinski definition) is 2. The van der Waals surface area contributed by atoms with E-state index in [4.69, 9.17) is 5.73 Å². The van der Waals surface area contributed by atoms with Gasteiger partial charge in [0.1, 0.15) is 0 Å². The van der Waals surface area contributed by atoms with Gasteiger partial charge in [-0.3, -0.25) is 4.79 Å². The average molecular weight is 270 g/mol. The Morgan fingerprint density at radius 1 is 1.15 bits per heavy atom. The highest BCUT2D eigenvalue weighted by atomic mass is 16.1. The Morgan fingerprint density at radius 2 is 1.85 bits per heavy atom. The summed E-state index contributed by atoms with van der Waals surface area (Å²) in [6.45, 7) is 4.98. The van der Waals surface area contributed by atoms with E-state index in [1.807, 2.05) is 32.0 Å². The summed E-state index contributed by atoms with van der Waals surface area (Å²) in [6, 6.07) is 14.4. The van der Waals surface area contributed by atoms with Crippen molar-refractivity contribution in [2.24, 2.45) is 17.6 Å². The Hall–Kier alpha value is -1.87. The highest BCUT2D eigenvalue weighted by molar-refractivity contribution is 5.86. The van der Waals surface area contributed by atoms with Crippen molar-refractivity contribution in [1.29, 1.82) is 0 Å². The van der Waals surface area contributed by atoms with Crippen LogP contribution in [0.2, 0.25) is 0 Å². The van der Waals surface area contributed by atoms with Gasteiger partial charge in [-0.2, -0.15) is 0 Å². The van der Waals surface area contributed by atoms with Gasteiger partial charge < -0.3 is 11.1 Å². The lowest BCUT2D eigenvalue weighted by atomic mass is 9.95. The van der Waals surface area contributed by atoms with Gasteiger partial charge in [0.15, 0.2) is 0 Å². The van der Waals surface area contributed by atoms with Crippen LogP contribution in [0.5, 0.6) is 0 Å². The standard InChI is InChI=1S/C17H22N2O/c1-12(2)16(10-18)17(20)19-11-14-8-5-7-13-6-3-4-9-15(13)14/h3-9,12,16H,10-11,18H2,1-2H3,(H,19,20). The number of hydrogen-bond acceptors (Lipinski definition) is 2. The second-order valence-electron chi connectivity index (χ2n) is 5.44. The number of carbonyl (C=O) groups is 1. The summed E-state index contributed by atoms with van der Waals surface area (Å²) in [6.07, 6.45) is 0. The highest BCUT2D eigenvalue weighted by Crippen LogP contribution is 2.18. The van der Waals surface area contributed by atoms with Gasteiger partial charge in [0.2, 0.25) is 5.91 Å². The number of rotatable bonds is 5. The van der Waals surface area contributed by atoms with Gasteiger partial charge >= 0.3 is 0 Å². The first-order valence-electron chi connectivity index (χ1n) is 7.08. The van der Waals surface area contributed by atoms with E-state index in [2.05, 4.69) is 29.6 Å². The first-order chi connectivity index (χ1) is 9.63. The van der Waals surface area contributed by atoms with Crippen molar-refractivity contribution in [3.8, 4) is 0 Å². The summed E-state index contributed by atoms with van der Waals surface area (Å²) >= 11 is 0. The number of fused-ring (bicyclic) bond motifs is 1. The largest absolute Gasteiger partial charge is 0.352 e. The van der Waals surface area contributed by atoms with Gasteiger partial charge in [0.05, 0.1) is 5.92 Å². The minimum absolute atomic E-state index is 0.0374. The summed E-state index contributed by atoms with van der Waals surface area (Å²) in [4.78, 5) is 12.1. The summed E-state index contributed by atoms with van der Waals surface area (Å²) in [5.41, 5.74) is 6.81. The first kappa shape index (κ1) is 14.5. The molecule has 0 saturated carbocycles. The van der Waals surface area contributed by atoms with Gasteiger partial charge in [-0.25, -0.2) is 0 Å². The van der Waals surface area contributed by atoms with Crippen LogP contribution in [0.15, 0.2) is 42.5 Å². The molecule has 0 heterocycles. The van der Waals surface area contributed by atoms with Gasteiger partial charge in [0.25, 0.3) is 0 Å². The molecule has 0 saturated heterocycles. The van der Waals surface area contributed by atoms with E-state index in [1.54, 1.807) is 0 Å². The average Bonchev–Trinajstić information content (AvgIpc) is 2.45. The lowest BCUT2D eigenvalue weighted by molar-refractivity contribution is -0.126. The number of benzene rings is 2. The third-order valence-electron chi connectivity index (χ3n) is 3.73. The van der Waals surface area contributed by atoms with Crippen molar-refractivity contribution in [3.05, 3.63) is 48.0 Å². The molecular formula is C17H22N2O. The van der Waals surface area contributed by atoms with E-state index in [0.717, 1.165) is 5.56 Å². The van der Waals surface area contributed by atoms with Crippen LogP contribution in [0, 0.1) is 11.8 Å². The second-order valence-corrected chi connectivity index (χ2v) is 5.44. The van der Waals surface area contributed by atoms with E-state index in [0.29, 0.717) is 13.1 Å². The fourth-order valence-corrected chi connectivity index (χ4v) is 2.44. The molecule has 0 aliphatic rings. The normalized spacial score (nSPS) is 12.6. The molecule has 3 N–H and O–H groups in total. The van der Waals surface area contributed by atoms with E-state index in [9.17, 15) is 4.79 Å². The monoisotopic (exact) mass is 270 g/mol. The van der Waals surface area contributed by atoms with Crippen LogP contribution < -0.4 is 11.1 Å². The maximum atomic E-state index is 12.1. The molecule has 3 heteroatoms. The predicted octanol–water partition coefficient (Wildman–Crippen LogP) is 2.69. The van der Waals surface area contributed by atoms with Crippen molar-refractivity contribution in [2.75, 3.05) is 6.54 Å². The zero-order valence-electron chi connectivity index (χ0n) is 12.1. The predicted molar refractivity (Wildman–Crippen MR) is 83.2 cm³/mol. The topological polar surface area (TPSA) is 55.1 Å². The van der Waals surface area contributed by atoms with Gasteiger partial charge in [0, 0.05) is 13.1 Å². The minimum atomic E-state index is -0.120. The quantitative estimate of drug-likeness (QED) is 0.877. The molecule has 20 heavy (non-hydrogen) atoms. The fourth-order valence-electron chi connectivity index (χ4n) is 2.44. The molecule has 0 radical (unpaired) electrons. The van der Waals surface area contributed by atoms with Crippen LogP contribution in [0.4, 0.5) is 0 Å². The molecule has 0 fully saturated rings. The Kier molecular flexibility index (Phi) is 4.74. The van der Waals surface area contributed by atoms with Crippen molar-refractivity contribution in [1.82, 2.24) is 5.32 Å². The summed E-state index contributed by atoms with van der Waals surface area (Å²) in [5, 5.41) is 5.38. The number of nitrogens with two attached hydrogens (primary N) is 1. The van der Waals surface area contributed by atoms with Crippen molar-refractivity contribution in [3.63, 3.8) is 0 Å². The van der Waals surface area contributed by atoms with Crippen LogP contribution in [-0.2, 0) is 11.3 Å². The zero-order chi connectivity index (χ0) is 14.5. The molecule has 2 rings (SSSR count). The number of nitrogens with one attached hydrogen (secondary N) is 1. The molecular weight excluding hydrogens is 248 g/mol. The van der Waals surface area contributed by atoms with Crippen molar-refractivity contribution >= 4 is 16.7 Å². The third kappa shape index (κ3) is 3.17. The minimum Gasteiger partial charge on any atom is -0.352 e. The summed E-state index contributed by atoms with van der Waals surface area (Å²) in [5.74, 6) is 0.174. The van der Waals surface area contributed by atoms with E-state index < -0.39 is 0 Å². The Morgan fingerprint density at radius 3 is 2.55 bits per heavy atom. The highest BCUT2D eigenvalue weighted by Gasteiger charge is 2.20. The smallest absolute Gasteiger partial charge is 0.224 e. The van der Waals surface area contributed by atoms with Crippen LogP contribution in [0.3, 0.4) is 0 Å². The Labute approximate surface area is 120 Å².